The molecular formula is C17H15ClN2O3. The van der Waals surface area contributed by atoms with Crippen molar-refractivity contribution >= 4 is 34.8 Å². The number of amides is 2. The Morgan fingerprint density at radius 1 is 1.26 bits per heavy atom. The zero-order valence-electron chi connectivity index (χ0n) is 12.3. The van der Waals surface area contributed by atoms with Crippen molar-refractivity contribution in [3.63, 3.8) is 0 Å². The van der Waals surface area contributed by atoms with E-state index in [1.165, 1.54) is 0 Å². The molecule has 6 heteroatoms. The lowest BCUT2D eigenvalue weighted by atomic mass is 10.1. The van der Waals surface area contributed by atoms with Crippen LogP contribution in [0.2, 0.25) is 5.02 Å². The molecule has 0 spiro atoms. The average Bonchev–Trinajstić information content (AvgIpc) is 2.69. The van der Waals surface area contributed by atoms with E-state index < -0.39 is 0 Å². The van der Waals surface area contributed by atoms with E-state index in [4.69, 9.17) is 16.3 Å². The summed E-state index contributed by atoms with van der Waals surface area (Å²) in [5, 5.41) is 6.12. The first-order valence-electron chi connectivity index (χ1n) is 7.22. The lowest BCUT2D eigenvalue weighted by Crippen LogP contribution is -2.15. The minimum atomic E-state index is -0.182. The van der Waals surface area contributed by atoms with Gasteiger partial charge in [0.1, 0.15) is 5.75 Å². The topological polar surface area (TPSA) is 67.4 Å². The number of hydrogen-bond donors (Lipinski definition) is 2. The summed E-state index contributed by atoms with van der Waals surface area (Å²) in [6.07, 6.45) is 0.489. The third kappa shape index (κ3) is 3.81. The van der Waals surface area contributed by atoms with E-state index in [2.05, 4.69) is 10.6 Å². The molecule has 0 aromatic heterocycles. The van der Waals surface area contributed by atoms with Crippen LogP contribution in [0, 0.1) is 0 Å². The van der Waals surface area contributed by atoms with Crippen LogP contribution in [-0.4, -0.2) is 18.4 Å². The Bertz CT molecular complexity index is 761. The number of nitrogens with one attached hydrogen (secondary N) is 2. The molecule has 2 aromatic rings. The van der Waals surface area contributed by atoms with E-state index in [1.807, 2.05) is 18.2 Å². The molecule has 2 N–H and O–H groups in total. The van der Waals surface area contributed by atoms with Gasteiger partial charge in [-0.15, -0.1) is 0 Å². The van der Waals surface area contributed by atoms with Crippen LogP contribution in [0.4, 0.5) is 11.4 Å². The van der Waals surface area contributed by atoms with Crippen LogP contribution < -0.4 is 15.4 Å². The molecule has 2 aromatic carbocycles. The molecule has 0 bridgehead atoms. The second kappa shape index (κ2) is 6.71. The minimum Gasteiger partial charge on any atom is -0.491 e. The van der Waals surface area contributed by atoms with Gasteiger partial charge < -0.3 is 15.4 Å². The molecule has 0 saturated carbocycles. The zero-order valence-corrected chi connectivity index (χ0v) is 13.0. The summed E-state index contributed by atoms with van der Waals surface area (Å²) in [7, 11) is 0. The number of hydrogen-bond acceptors (Lipinski definition) is 3. The fraction of sp³-hybridized carbons (Fsp3) is 0.176. The molecule has 0 unspecified atom stereocenters. The van der Waals surface area contributed by atoms with Gasteiger partial charge in [-0.05, 0) is 29.8 Å². The molecule has 0 fully saturated rings. The number of fused-ring (bicyclic) bond motifs is 1. The average molecular weight is 331 g/mol. The van der Waals surface area contributed by atoms with Gasteiger partial charge in [-0.3, -0.25) is 9.59 Å². The third-order valence-electron chi connectivity index (χ3n) is 3.43. The Labute approximate surface area is 138 Å². The molecule has 3 rings (SSSR count). The number of ether oxygens (including phenoxy) is 1. The fourth-order valence-corrected chi connectivity index (χ4v) is 2.52. The number of halogens is 1. The number of carbonyl (C=O) groups is 2. The molecule has 0 atom stereocenters. The highest BCUT2D eigenvalue weighted by Crippen LogP contribution is 2.30. The van der Waals surface area contributed by atoms with Crippen molar-refractivity contribution in [3.8, 4) is 5.75 Å². The Hall–Kier alpha value is -2.53. The second-order valence-electron chi connectivity index (χ2n) is 5.17. The van der Waals surface area contributed by atoms with Crippen molar-refractivity contribution in [1.82, 2.24) is 0 Å². The van der Waals surface area contributed by atoms with Gasteiger partial charge in [-0.25, -0.2) is 0 Å². The molecule has 1 aliphatic heterocycles. The van der Waals surface area contributed by atoms with Gasteiger partial charge in [0.2, 0.25) is 11.8 Å². The Balaban J connectivity index is 1.72. The van der Waals surface area contributed by atoms with E-state index in [-0.39, 0.29) is 18.2 Å². The van der Waals surface area contributed by atoms with Crippen molar-refractivity contribution < 1.29 is 14.3 Å². The van der Waals surface area contributed by atoms with Crippen molar-refractivity contribution in [1.29, 1.82) is 0 Å². The maximum atomic E-state index is 12.1. The first-order valence-corrected chi connectivity index (χ1v) is 7.59. The van der Waals surface area contributed by atoms with E-state index in [1.54, 1.807) is 24.3 Å². The number of benzene rings is 2. The van der Waals surface area contributed by atoms with Crippen LogP contribution in [0.1, 0.15) is 12.0 Å². The Kier molecular flexibility index (Phi) is 4.48. The molecule has 0 radical (unpaired) electrons. The Morgan fingerprint density at radius 2 is 2.09 bits per heavy atom. The standard InChI is InChI=1S/C17H15ClN2O3/c18-13-4-2-1-3-11(13)9-17(22)19-12-5-6-15-14(10-12)20-16(21)7-8-23-15/h1-6,10H,7-9H2,(H,19,22)(H,20,21). The highest BCUT2D eigenvalue weighted by molar-refractivity contribution is 6.31. The molecule has 118 valence electrons. The van der Waals surface area contributed by atoms with Gasteiger partial charge >= 0.3 is 0 Å². The van der Waals surface area contributed by atoms with E-state index in [0.717, 1.165) is 5.56 Å². The van der Waals surface area contributed by atoms with Gasteiger partial charge in [-0.2, -0.15) is 0 Å². The predicted octanol–water partition coefficient (Wildman–Crippen LogP) is 3.24. The first-order chi connectivity index (χ1) is 11.1. The van der Waals surface area contributed by atoms with Gasteiger partial charge in [0.05, 0.1) is 25.1 Å². The predicted molar refractivity (Wildman–Crippen MR) is 89.0 cm³/mol. The summed E-state index contributed by atoms with van der Waals surface area (Å²) < 4.78 is 5.48. The van der Waals surface area contributed by atoms with Gasteiger partial charge in [0.25, 0.3) is 0 Å². The van der Waals surface area contributed by atoms with Gasteiger partial charge in [0.15, 0.2) is 0 Å². The van der Waals surface area contributed by atoms with Crippen LogP contribution in [-0.2, 0) is 16.0 Å². The van der Waals surface area contributed by atoms with Crippen molar-refractivity contribution in [2.24, 2.45) is 0 Å². The largest absolute Gasteiger partial charge is 0.491 e. The summed E-state index contributed by atoms with van der Waals surface area (Å²) in [6, 6.07) is 12.4. The fourth-order valence-electron chi connectivity index (χ4n) is 2.32. The maximum Gasteiger partial charge on any atom is 0.228 e. The summed E-state index contributed by atoms with van der Waals surface area (Å²) in [5.74, 6) is 0.308. The molecule has 0 aliphatic carbocycles. The van der Waals surface area contributed by atoms with Crippen molar-refractivity contribution in [2.75, 3.05) is 17.2 Å². The van der Waals surface area contributed by atoms with Crippen molar-refractivity contribution in [2.45, 2.75) is 12.8 Å². The molecule has 1 heterocycles. The van der Waals surface area contributed by atoms with E-state index in [0.29, 0.717) is 35.2 Å². The first kappa shape index (κ1) is 15.4. The van der Waals surface area contributed by atoms with E-state index >= 15 is 0 Å². The molecule has 1 aliphatic rings. The normalized spacial score (nSPS) is 13.3. The Morgan fingerprint density at radius 3 is 2.91 bits per heavy atom. The third-order valence-corrected chi connectivity index (χ3v) is 3.80. The van der Waals surface area contributed by atoms with Crippen LogP contribution in [0.5, 0.6) is 5.75 Å². The van der Waals surface area contributed by atoms with Crippen LogP contribution in [0.25, 0.3) is 0 Å². The summed E-state index contributed by atoms with van der Waals surface area (Å²) >= 11 is 6.06. The van der Waals surface area contributed by atoms with E-state index in [9.17, 15) is 9.59 Å². The van der Waals surface area contributed by atoms with Crippen LogP contribution in [0.15, 0.2) is 42.5 Å². The number of rotatable bonds is 3. The highest BCUT2D eigenvalue weighted by atomic mass is 35.5. The lowest BCUT2D eigenvalue weighted by Gasteiger charge is -2.11. The monoisotopic (exact) mass is 330 g/mol. The van der Waals surface area contributed by atoms with Gasteiger partial charge in [0, 0.05) is 10.7 Å². The smallest absolute Gasteiger partial charge is 0.228 e. The molecule has 5 nitrogen and oxygen atoms in total. The lowest BCUT2D eigenvalue weighted by molar-refractivity contribution is -0.116. The highest BCUT2D eigenvalue weighted by Gasteiger charge is 2.15. The minimum absolute atomic E-state index is 0.108. The quantitative estimate of drug-likeness (QED) is 0.907. The van der Waals surface area contributed by atoms with Crippen LogP contribution >= 0.6 is 11.6 Å². The zero-order chi connectivity index (χ0) is 16.2. The van der Waals surface area contributed by atoms with Crippen LogP contribution in [0.3, 0.4) is 0 Å². The maximum absolute atomic E-state index is 12.1. The summed E-state index contributed by atoms with van der Waals surface area (Å²) in [5.41, 5.74) is 1.91. The SMILES string of the molecule is O=C(Cc1ccccc1Cl)Nc1ccc2c(c1)NC(=O)CCO2. The molecule has 0 saturated heterocycles. The number of carbonyl (C=O) groups excluding carboxylic acids is 2. The molecular weight excluding hydrogens is 316 g/mol. The molecule has 23 heavy (non-hydrogen) atoms. The molecule has 2 amide bonds. The second-order valence-corrected chi connectivity index (χ2v) is 5.58. The van der Waals surface area contributed by atoms with Crippen molar-refractivity contribution in [3.05, 3.63) is 53.1 Å². The summed E-state index contributed by atoms with van der Waals surface area (Å²) in [6.45, 7) is 0.344. The number of anilines is 2. The summed E-state index contributed by atoms with van der Waals surface area (Å²) in [4.78, 5) is 23.7. The van der Waals surface area contributed by atoms with Gasteiger partial charge in [-0.1, -0.05) is 29.8 Å².